The fourth-order valence-electron chi connectivity index (χ4n) is 1.36. The number of alkyl halides is 2. The van der Waals surface area contributed by atoms with Crippen molar-refractivity contribution in [3.05, 3.63) is 0 Å². The molecule has 106 valence electrons. The van der Waals surface area contributed by atoms with Crippen LogP contribution in [0.15, 0.2) is 0 Å². The Kier molecular flexibility index (Phi) is 8.75. The van der Waals surface area contributed by atoms with Crippen molar-refractivity contribution in [2.45, 2.75) is 38.2 Å². The molecule has 0 aliphatic heterocycles. The highest BCUT2D eigenvalue weighted by molar-refractivity contribution is 8.03. The molecule has 3 unspecified atom stereocenters. The van der Waals surface area contributed by atoms with Crippen LogP contribution >= 0.6 is 17.2 Å². The van der Waals surface area contributed by atoms with Gasteiger partial charge in [0.15, 0.2) is 5.78 Å². The van der Waals surface area contributed by atoms with Crippen LogP contribution in [0.2, 0.25) is 0 Å². The molecule has 18 heavy (non-hydrogen) atoms. The average molecular weight is 300 g/mol. The van der Waals surface area contributed by atoms with Crippen molar-refractivity contribution < 1.29 is 18.4 Å². The Morgan fingerprint density at radius 3 is 2.56 bits per heavy atom. The molecule has 4 nitrogen and oxygen atoms in total. The van der Waals surface area contributed by atoms with E-state index >= 15 is 0 Å². The van der Waals surface area contributed by atoms with Crippen LogP contribution in [0.1, 0.15) is 26.2 Å². The largest absolute Gasteiger partial charge is 0.356 e. The van der Waals surface area contributed by atoms with Gasteiger partial charge in [0.25, 0.3) is 6.43 Å². The lowest BCUT2D eigenvalue weighted by Crippen LogP contribution is -2.55. The third kappa shape index (κ3) is 5.64. The molecule has 0 rings (SSSR count). The van der Waals surface area contributed by atoms with Crippen molar-refractivity contribution in [2.75, 3.05) is 12.7 Å². The number of halogens is 2. The van der Waals surface area contributed by atoms with E-state index in [4.69, 9.17) is 5.73 Å². The van der Waals surface area contributed by atoms with Gasteiger partial charge >= 0.3 is 0 Å². The zero-order valence-electron chi connectivity index (χ0n) is 10.3. The van der Waals surface area contributed by atoms with Crippen LogP contribution in [-0.2, 0) is 9.59 Å². The molecule has 0 spiro atoms. The van der Waals surface area contributed by atoms with Crippen molar-refractivity contribution in [1.82, 2.24) is 5.32 Å². The molecule has 3 N–H and O–H groups in total. The summed E-state index contributed by atoms with van der Waals surface area (Å²) in [5.74, 6) is -0.764. The van der Waals surface area contributed by atoms with Crippen molar-refractivity contribution in [2.24, 2.45) is 5.73 Å². The van der Waals surface area contributed by atoms with Crippen molar-refractivity contribution in [3.63, 3.8) is 0 Å². The van der Waals surface area contributed by atoms with Crippen LogP contribution in [0.3, 0.4) is 0 Å². The molecule has 0 aromatic heterocycles. The Hall–Kier alpha value is -0.180. The van der Waals surface area contributed by atoms with Crippen LogP contribution in [0.25, 0.3) is 0 Å². The second-order valence-corrected chi connectivity index (χ2v) is 5.94. The highest BCUT2D eigenvalue weighted by atomic mass is 32.0. The number of rotatable bonds is 9. The smallest absolute Gasteiger partial charge is 0.263 e. The summed E-state index contributed by atoms with van der Waals surface area (Å²) in [7, 11) is 2.53. The van der Waals surface area contributed by atoms with E-state index < -0.39 is 17.7 Å². The first-order valence-corrected chi connectivity index (χ1v) is 8.70. The maximum Gasteiger partial charge on any atom is 0.263 e. The number of ketones is 1. The molecule has 0 saturated heterocycles. The second-order valence-electron chi connectivity index (χ2n) is 3.95. The predicted octanol–water partition coefficient (Wildman–Crippen LogP) is 1.29. The minimum Gasteiger partial charge on any atom is -0.356 e. The Balaban J connectivity index is 4.28. The molecule has 0 aromatic carbocycles. The molecule has 0 aromatic rings. The summed E-state index contributed by atoms with van der Waals surface area (Å²) in [5.41, 5.74) is 3.42. The van der Waals surface area contributed by atoms with Gasteiger partial charge in [-0.15, -0.1) is 8.93 Å². The zero-order valence-corrected chi connectivity index (χ0v) is 12.5. The van der Waals surface area contributed by atoms with E-state index in [2.05, 4.69) is 14.2 Å². The molecule has 8 heteroatoms. The molecule has 0 aliphatic carbocycles. The molecular formula is C10H20F2N2O2P2. The van der Waals surface area contributed by atoms with Gasteiger partial charge in [-0.05, 0) is 12.8 Å². The molecule has 0 fully saturated rings. The zero-order chi connectivity index (χ0) is 14.2. The Labute approximate surface area is 110 Å². The fraction of sp³-hybridized carbons (Fsp3) is 0.800. The molecule has 0 saturated carbocycles. The normalized spacial score (nSPS) is 15.0. The summed E-state index contributed by atoms with van der Waals surface area (Å²) in [6.45, 7) is 1.96. The van der Waals surface area contributed by atoms with Crippen LogP contribution in [0.5, 0.6) is 0 Å². The lowest BCUT2D eigenvalue weighted by atomic mass is 9.91. The van der Waals surface area contributed by atoms with Gasteiger partial charge in [0.2, 0.25) is 5.91 Å². The van der Waals surface area contributed by atoms with E-state index in [1.54, 1.807) is 6.92 Å². The molecule has 0 radical (unpaired) electrons. The topological polar surface area (TPSA) is 72.2 Å². The van der Waals surface area contributed by atoms with Gasteiger partial charge in [0.05, 0.1) is 0 Å². The minimum atomic E-state index is -2.88. The minimum absolute atomic E-state index is 0.0484. The van der Waals surface area contributed by atoms with Gasteiger partial charge in [0, 0.05) is 19.1 Å². The predicted molar refractivity (Wildman–Crippen MR) is 73.4 cm³/mol. The summed E-state index contributed by atoms with van der Waals surface area (Å²) in [6.07, 6.45) is -2.35. The monoisotopic (exact) mass is 300 g/mol. The van der Waals surface area contributed by atoms with Crippen molar-refractivity contribution >= 4 is 28.9 Å². The third-order valence-corrected chi connectivity index (χ3v) is 3.72. The molecule has 0 aliphatic rings. The maximum atomic E-state index is 12.9. The number of hydrogen-bond donors (Lipinski definition) is 2. The number of carbonyl (C=O) groups is 2. The van der Waals surface area contributed by atoms with Gasteiger partial charge in [-0.3, -0.25) is 9.59 Å². The first-order valence-electron chi connectivity index (χ1n) is 5.69. The van der Waals surface area contributed by atoms with Crippen LogP contribution in [-0.4, -0.2) is 36.4 Å². The van der Waals surface area contributed by atoms with Crippen molar-refractivity contribution in [3.8, 4) is 0 Å². The van der Waals surface area contributed by atoms with Crippen LogP contribution in [0.4, 0.5) is 8.78 Å². The molecule has 0 bridgehead atoms. The highest BCUT2D eigenvalue weighted by Gasteiger charge is 2.41. The van der Waals surface area contributed by atoms with Gasteiger partial charge in [0.1, 0.15) is 5.54 Å². The van der Waals surface area contributed by atoms with Crippen LogP contribution < -0.4 is 11.1 Å². The Morgan fingerprint density at radius 1 is 1.50 bits per heavy atom. The number of nitrogens with one attached hydrogen (secondary N) is 1. The summed E-state index contributed by atoms with van der Waals surface area (Å²) >= 11 is 0. The molecular weight excluding hydrogens is 280 g/mol. The third-order valence-electron chi connectivity index (χ3n) is 2.58. The van der Waals surface area contributed by atoms with E-state index in [0.717, 1.165) is 0 Å². The second kappa shape index (κ2) is 8.84. The number of hydrogen-bond acceptors (Lipinski definition) is 3. The summed E-state index contributed by atoms with van der Waals surface area (Å²) in [6, 6.07) is 0. The number of nitrogens with two attached hydrogens (primary N) is 1. The van der Waals surface area contributed by atoms with E-state index in [1.807, 2.05) is 0 Å². The highest BCUT2D eigenvalue weighted by Crippen LogP contribution is 2.27. The number of amides is 1. The lowest BCUT2D eigenvalue weighted by molar-refractivity contribution is -0.127. The standard InChI is InChI=1S/C10H20F2N2O2P2/c1-2-8(16)14-5-3-4-10(13,9(11)12)7(15)6-18-17/h9,18H,2-6,13,17H2,1H3,(H,14,16). The molecule has 1 amide bonds. The SMILES string of the molecule is CCC(=O)NCCCC(N)(C(=O)CPP)C(F)F. The Morgan fingerprint density at radius 2 is 2.11 bits per heavy atom. The van der Waals surface area contributed by atoms with Crippen LogP contribution in [0, 0.1) is 0 Å². The van der Waals surface area contributed by atoms with Gasteiger partial charge in [-0.2, -0.15) is 0 Å². The first kappa shape index (κ1) is 17.8. The van der Waals surface area contributed by atoms with E-state index in [-0.39, 0.29) is 39.7 Å². The first-order chi connectivity index (χ1) is 8.38. The van der Waals surface area contributed by atoms with Crippen molar-refractivity contribution in [1.29, 1.82) is 0 Å². The van der Waals surface area contributed by atoms with E-state index in [9.17, 15) is 18.4 Å². The maximum absolute atomic E-state index is 12.9. The number of carbonyl (C=O) groups excluding carboxylic acids is 2. The van der Waals surface area contributed by atoms with E-state index in [1.165, 1.54) is 0 Å². The molecule has 0 heterocycles. The Bertz CT molecular complexity index is 293. The quantitative estimate of drug-likeness (QED) is 0.498. The van der Waals surface area contributed by atoms with Gasteiger partial charge in [-0.1, -0.05) is 15.2 Å². The number of Topliss-reactive ketones (excluding diaryl/α,β-unsaturated/α-hetero) is 1. The summed E-state index contributed by atoms with van der Waals surface area (Å²) < 4.78 is 25.7. The lowest BCUT2D eigenvalue weighted by Gasteiger charge is -2.27. The fourth-order valence-corrected chi connectivity index (χ4v) is 2.43. The summed E-state index contributed by atoms with van der Waals surface area (Å²) in [5, 5.41) is 2.56. The average Bonchev–Trinajstić information content (AvgIpc) is 2.33. The molecule has 3 atom stereocenters. The van der Waals surface area contributed by atoms with Gasteiger partial charge < -0.3 is 11.1 Å². The summed E-state index contributed by atoms with van der Waals surface area (Å²) in [4.78, 5) is 22.5. The van der Waals surface area contributed by atoms with E-state index in [0.29, 0.717) is 6.42 Å². The van der Waals surface area contributed by atoms with Gasteiger partial charge in [-0.25, -0.2) is 8.78 Å².